The first-order valence-corrected chi connectivity index (χ1v) is 7.22. The molecule has 0 radical (unpaired) electrons. The van der Waals surface area contributed by atoms with Crippen LogP contribution in [0, 0.1) is 12.8 Å². The number of phenolic OH excluding ortho intramolecular Hbond substituents is 1. The number of aromatic hydroxyl groups is 1. The van der Waals surface area contributed by atoms with Gasteiger partial charge in [0.1, 0.15) is 5.75 Å². The van der Waals surface area contributed by atoms with Crippen molar-refractivity contribution in [2.45, 2.75) is 38.0 Å². The Morgan fingerprint density at radius 1 is 1.47 bits per heavy atom. The summed E-state index contributed by atoms with van der Waals surface area (Å²) in [7, 11) is 0. The third-order valence-electron chi connectivity index (χ3n) is 3.74. The van der Waals surface area contributed by atoms with Gasteiger partial charge < -0.3 is 10.4 Å². The molecular weight excluding hydrogens is 262 g/mol. The fraction of sp³-hybridized carbons (Fsp3) is 0.533. The second-order valence-electron chi connectivity index (χ2n) is 5.34. The molecule has 2 unspecified atom stereocenters. The highest BCUT2D eigenvalue weighted by Gasteiger charge is 2.20. The number of aryl methyl sites for hydroxylation is 1. The fourth-order valence-corrected chi connectivity index (χ4v) is 2.91. The van der Waals surface area contributed by atoms with Crippen LogP contribution in [0.3, 0.4) is 0 Å². The molecule has 0 bridgehead atoms. The van der Waals surface area contributed by atoms with E-state index in [1.165, 1.54) is 6.07 Å². The smallest absolute Gasteiger partial charge is 0.251 e. The third-order valence-corrected chi connectivity index (χ3v) is 4.14. The fourth-order valence-electron chi connectivity index (χ4n) is 2.50. The monoisotopic (exact) mass is 281 g/mol. The highest BCUT2D eigenvalue weighted by molar-refractivity contribution is 6.20. The molecule has 2 N–H and O–H groups in total. The highest BCUT2D eigenvalue weighted by atomic mass is 35.5. The van der Waals surface area contributed by atoms with Gasteiger partial charge >= 0.3 is 0 Å². The van der Waals surface area contributed by atoms with Crippen molar-refractivity contribution < 1.29 is 9.90 Å². The number of hydrogen-bond acceptors (Lipinski definition) is 2. The molecule has 0 saturated heterocycles. The Kier molecular flexibility index (Phi) is 4.70. The van der Waals surface area contributed by atoms with Gasteiger partial charge in [0, 0.05) is 17.5 Å². The summed E-state index contributed by atoms with van der Waals surface area (Å²) in [5.74, 6) is 0.498. The van der Waals surface area contributed by atoms with Gasteiger partial charge in [-0.2, -0.15) is 0 Å². The molecule has 4 heteroatoms. The zero-order valence-electron chi connectivity index (χ0n) is 11.2. The van der Waals surface area contributed by atoms with Crippen molar-refractivity contribution in [3.63, 3.8) is 0 Å². The van der Waals surface area contributed by atoms with Gasteiger partial charge in [-0.3, -0.25) is 4.79 Å². The van der Waals surface area contributed by atoms with Crippen LogP contribution in [0.1, 0.15) is 41.6 Å². The van der Waals surface area contributed by atoms with Crippen molar-refractivity contribution in [3.8, 4) is 5.75 Å². The maximum absolute atomic E-state index is 12.0. The topological polar surface area (TPSA) is 49.3 Å². The van der Waals surface area contributed by atoms with Crippen molar-refractivity contribution in [2.75, 3.05) is 6.54 Å². The van der Waals surface area contributed by atoms with Crippen LogP contribution in [0.15, 0.2) is 18.2 Å². The van der Waals surface area contributed by atoms with Crippen molar-refractivity contribution in [3.05, 3.63) is 29.3 Å². The number of hydrogen-bond donors (Lipinski definition) is 2. The number of phenols is 1. The zero-order chi connectivity index (χ0) is 13.8. The van der Waals surface area contributed by atoms with E-state index < -0.39 is 0 Å². The SMILES string of the molecule is Cc1ccc(C(=O)NCC2CCCC(Cl)C2)cc1O. The van der Waals surface area contributed by atoms with Gasteiger partial charge in [-0.05, 0) is 49.8 Å². The van der Waals surface area contributed by atoms with Gasteiger partial charge in [0.05, 0.1) is 0 Å². The lowest BCUT2D eigenvalue weighted by Crippen LogP contribution is -2.32. The largest absolute Gasteiger partial charge is 0.508 e. The van der Waals surface area contributed by atoms with Crippen LogP contribution in [0.4, 0.5) is 0 Å². The molecule has 0 heterocycles. The van der Waals surface area contributed by atoms with E-state index in [1.54, 1.807) is 19.1 Å². The summed E-state index contributed by atoms with van der Waals surface area (Å²) in [6.07, 6.45) is 4.32. The average Bonchev–Trinajstić information content (AvgIpc) is 2.39. The second-order valence-corrected chi connectivity index (χ2v) is 5.96. The summed E-state index contributed by atoms with van der Waals surface area (Å²) in [4.78, 5) is 12.0. The van der Waals surface area contributed by atoms with Crippen LogP contribution in [-0.2, 0) is 0 Å². The first-order valence-electron chi connectivity index (χ1n) is 6.78. The molecule has 1 aliphatic rings. The number of halogens is 1. The predicted molar refractivity (Wildman–Crippen MR) is 76.8 cm³/mol. The van der Waals surface area contributed by atoms with Crippen molar-refractivity contribution >= 4 is 17.5 Å². The Hall–Kier alpha value is -1.22. The van der Waals surface area contributed by atoms with Gasteiger partial charge in [-0.25, -0.2) is 0 Å². The summed E-state index contributed by atoms with van der Waals surface area (Å²) in [5, 5.41) is 12.8. The van der Waals surface area contributed by atoms with E-state index in [1.807, 2.05) is 0 Å². The summed E-state index contributed by atoms with van der Waals surface area (Å²) < 4.78 is 0. The van der Waals surface area contributed by atoms with E-state index in [4.69, 9.17) is 11.6 Å². The number of benzene rings is 1. The van der Waals surface area contributed by atoms with Crippen LogP contribution in [0.2, 0.25) is 0 Å². The zero-order valence-corrected chi connectivity index (χ0v) is 11.9. The highest BCUT2D eigenvalue weighted by Crippen LogP contribution is 2.27. The normalized spacial score (nSPS) is 23.1. The lowest BCUT2D eigenvalue weighted by Gasteiger charge is -2.25. The van der Waals surface area contributed by atoms with E-state index in [0.29, 0.717) is 18.0 Å². The molecular formula is C15H20ClNO2. The minimum absolute atomic E-state index is 0.132. The van der Waals surface area contributed by atoms with Crippen molar-refractivity contribution in [1.82, 2.24) is 5.32 Å². The maximum Gasteiger partial charge on any atom is 0.251 e. The molecule has 0 aliphatic heterocycles. The molecule has 1 aromatic rings. The third kappa shape index (κ3) is 3.87. The molecule has 0 spiro atoms. The number of alkyl halides is 1. The standard InChI is InChI=1S/C15H20ClNO2/c1-10-5-6-12(8-14(10)18)15(19)17-9-11-3-2-4-13(16)7-11/h5-6,8,11,13,18H,2-4,7,9H2,1H3,(H,17,19). The molecule has 3 nitrogen and oxygen atoms in total. The number of nitrogens with one attached hydrogen (secondary N) is 1. The molecule has 1 aromatic carbocycles. The number of amides is 1. The van der Waals surface area contributed by atoms with Gasteiger partial charge in [-0.15, -0.1) is 11.6 Å². The Bertz CT molecular complexity index is 461. The molecule has 2 rings (SSSR count). The van der Waals surface area contributed by atoms with Gasteiger partial charge in [0.2, 0.25) is 0 Å². The number of carbonyl (C=O) groups excluding carboxylic acids is 1. The molecule has 19 heavy (non-hydrogen) atoms. The second kappa shape index (κ2) is 6.29. The van der Waals surface area contributed by atoms with Gasteiger partial charge in [0.15, 0.2) is 0 Å². The molecule has 1 amide bonds. The summed E-state index contributed by atoms with van der Waals surface area (Å²) in [5.41, 5.74) is 1.27. The van der Waals surface area contributed by atoms with E-state index in [9.17, 15) is 9.90 Å². The van der Waals surface area contributed by atoms with E-state index >= 15 is 0 Å². The minimum atomic E-state index is -0.132. The predicted octanol–water partition coefficient (Wildman–Crippen LogP) is 3.23. The Balaban J connectivity index is 1.88. The summed E-state index contributed by atoms with van der Waals surface area (Å²) in [6.45, 7) is 2.47. The van der Waals surface area contributed by atoms with E-state index in [0.717, 1.165) is 31.2 Å². The molecule has 1 fully saturated rings. The maximum atomic E-state index is 12.0. The van der Waals surface area contributed by atoms with Crippen LogP contribution < -0.4 is 5.32 Å². The van der Waals surface area contributed by atoms with Gasteiger partial charge in [0.25, 0.3) is 5.91 Å². The van der Waals surface area contributed by atoms with Gasteiger partial charge in [-0.1, -0.05) is 12.5 Å². The van der Waals surface area contributed by atoms with E-state index in [-0.39, 0.29) is 17.0 Å². The van der Waals surface area contributed by atoms with Crippen LogP contribution >= 0.6 is 11.6 Å². The average molecular weight is 282 g/mol. The first-order chi connectivity index (χ1) is 9.06. The lowest BCUT2D eigenvalue weighted by atomic mass is 9.89. The van der Waals surface area contributed by atoms with Crippen molar-refractivity contribution in [1.29, 1.82) is 0 Å². The van der Waals surface area contributed by atoms with Crippen molar-refractivity contribution in [2.24, 2.45) is 5.92 Å². The number of carbonyl (C=O) groups is 1. The molecule has 104 valence electrons. The first kappa shape index (κ1) is 14.2. The Labute approximate surface area is 119 Å². The molecule has 0 aromatic heterocycles. The van der Waals surface area contributed by atoms with E-state index in [2.05, 4.69) is 5.32 Å². The quantitative estimate of drug-likeness (QED) is 0.836. The van der Waals surface area contributed by atoms with Crippen LogP contribution in [0.25, 0.3) is 0 Å². The Morgan fingerprint density at radius 3 is 2.95 bits per heavy atom. The Morgan fingerprint density at radius 2 is 2.26 bits per heavy atom. The molecule has 2 atom stereocenters. The van der Waals surface area contributed by atoms with Crippen LogP contribution in [0.5, 0.6) is 5.75 Å². The lowest BCUT2D eigenvalue weighted by molar-refractivity contribution is 0.0943. The summed E-state index contributed by atoms with van der Waals surface area (Å²) >= 11 is 6.14. The molecule has 1 aliphatic carbocycles. The van der Waals surface area contributed by atoms with Crippen LogP contribution in [-0.4, -0.2) is 22.9 Å². The molecule has 1 saturated carbocycles. The summed E-state index contributed by atoms with van der Waals surface area (Å²) in [6, 6.07) is 4.99. The minimum Gasteiger partial charge on any atom is -0.508 e. The number of rotatable bonds is 3.